The normalized spacial score (nSPS) is 37.4. The Morgan fingerprint density at radius 3 is 3.00 bits per heavy atom. The molecule has 1 aliphatic carbocycles. The number of methoxy groups -OCH3 is 1. The fourth-order valence-electron chi connectivity index (χ4n) is 3.05. The van der Waals surface area contributed by atoms with Crippen molar-refractivity contribution < 1.29 is 9.53 Å². The van der Waals surface area contributed by atoms with Crippen molar-refractivity contribution in [3.63, 3.8) is 0 Å². The Labute approximate surface area is 85.2 Å². The number of piperidine rings is 1. The first-order valence-electron chi connectivity index (χ1n) is 5.61. The van der Waals surface area contributed by atoms with Crippen LogP contribution in [0.25, 0.3) is 0 Å². The van der Waals surface area contributed by atoms with E-state index in [-0.39, 0.29) is 11.9 Å². The lowest BCUT2D eigenvalue weighted by Gasteiger charge is -2.40. The summed E-state index contributed by atoms with van der Waals surface area (Å²) < 4.78 is 4.88. The van der Waals surface area contributed by atoms with Crippen molar-refractivity contribution >= 4 is 5.97 Å². The molecular formula is C11H19NO2. The maximum atomic E-state index is 11.6. The van der Waals surface area contributed by atoms with Gasteiger partial charge in [-0.3, -0.25) is 4.79 Å². The van der Waals surface area contributed by atoms with E-state index in [1.54, 1.807) is 0 Å². The van der Waals surface area contributed by atoms with E-state index in [9.17, 15) is 4.79 Å². The molecule has 1 saturated carbocycles. The number of carbonyl (C=O) groups excluding carboxylic acids is 1. The average Bonchev–Trinajstić information content (AvgIpc) is 2.27. The summed E-state index contributed by atoms with van der Waals surface area (Å²) in [5, 5.41) is 3.41. The average molecular weight is 197 g/mol. The van der Waals surface area contributed by atoms with Crippen LogP contribution in [0.2, 0.25) is 0 Å². The van der Waals surface area contributed by atoms with Gasteiger partial charge in [-0.1, -0.05) is 6.42 Å². The van der Waals surface area contributed by atoms with Gasteiger partial charge in [0.1, 0.15) is 0 Å². The molecule has 14 heavy (non-hydrogen) atoms. The first-order chi connectivity index (χ1) is 6.83. The molecule has 0 aromatic rings. The number of carbonyl (C=O) groups is 1. The lowest BCUT2D eigenvalue weighted by molar-refractivity contribution is -0.150. The third-order valence-electron chi connectivity index (χ3n) is 3.78. The van der Waals surface area contributed by atoms with Crippen LogP contribution in [0.5, 0.6) is 0 Å². The second-order valence-electron chi connectivity index (χ2n) is 4.48. The van der Waals surface area contributed by atoms with E-state index in [4.69, 9.17) is 4.74 Å². The minimum absolute atomic E-state index is 0.0154. The zero-order valence-electron chi connectivity index (χ0n) is 8.79. The van der Waals surface area contributed by atoms with Gasteiger partial charge in [0.05, 0.1) is 13.0 Å². The molecule has 2 rings (SSSR count). The predicted octanol–water partition coefficient (Wildman–Crippen LogP) is 1.19. The van der Waals surface area contributed by atoms with Crippen molar-refractivity contribution in [3.05, 3.63) is 0 Å². The molecule has 1 heterocycles. The Morgan fingerprint density at radius 1 is 1.36 bits per heavy atom. The van der Waals surface area contributed by atoms with E-state index in [0.29, 0.717) is 11.8 Å². The summed E-state index contributed by atoms with van der Waals surface area (Å²) in [5.74, 6) is 1.49. The molecule has 0 amide bonds. The third-order valence-corrected chi connectivity index (χ3v) is 3.78. The standard InChI is InChI=1S/C11H19NO2/c1-14-11(13)10-4-2-3-8-7-12-6-5-9(8)10/h8-10,12H,2-7H2,1H3/t8-,9+,10+/m0/s1. The molecular weight excluding hydrogens is 178 g/mol. The van der Waals surface area contributed by atoms with Crippen molar-refractivity contribution in [2.24, 2.45) is 17.8 Å². The maximum absolute atomic E-state index is 11.6. The Bertz CT molecular complexity index is 215. The highest BCUT2D eigenvalue weighted by molar-refractivity contribution is 5.72. The van der Waals surface area contributed by atoms with Crippen molar-refractivity contribution in [2.75, 3.05) is 20.2 Å². The lowest BCUT2D eigenvalue weighted by Crippen LogP contribution is -2.44. The Hall–Kier alpha value is -0.570. The number of rotatable bonds is 1. The van der Waals surface area contributed by atoms with E-state index in [2.05, 4.69) is 5.32 Å². The molecule has 1 aliphatic heterocycles. The zero-order valence-corrected chi connectivity index (χ0v) is 8.79. The maximum Gasteiger partial charge on any atom is 0.308 e. The summed E-state index contributed by atoms with van der Waals surface area (Å²) in [5.41, 5.74) is 0. The summed E-state index contributed by atoms with van der Waals surface area (Å²) in [7, 11) is 1.51. The van der Waals surface area contributed by atoms with Gasteiger partial charge < -0.3 is 10.1 Å². The molecule has 1 N–H and O–H groups in total. The summed E-state index contributed by atoms with van der Waals surface area (Å²) in [6.45, 7) is 2.16. The molecule has 0 bridgehead atoms. The second-order valence-corrected chi connectivity index (χ2v) is 4.48. The van der Waals surface area contributed by atoms with Gasteiger partial charge >= 0.3 is 5.97 Å². The molecule has 80 valence electrons. The van der Waals surface area contributed by atoms with Gasteiger partial charge in [0.25, 0.3) is 0 Å². The van der Waals surface area contributed by atoms with Crippen LogP contribution in [0.15, 0.2) is 0 Å². The minimum atomic E-state index is 0.0154. The zero-order chi connectivity index (χ0) is 9.97. The molecule has 0 aromatic heterocycles. The largest absolute Gasteiger partial charge is 0.469 e. The van der Waals surface area contributed by atoms with Crippen LogP contribution in [0.3, 0.4) is 0 Å². The van der Waals surface area contributed by atoms with Crippen LogP contribution < -0.4 is 5.32 Å². The number of nitrogens with one attached hydrogen (secondary N) is 1. The molecule has 3 atom stereocenters. The number of ether oxygens (including phenoxy) is 1. The molecule has 3 nitrogen and oxygen atoms in total. The summed E-state index contributed by atoms with van der Waals surface area (Å²) >= 11 is 0. The molecule has 2 fully saturated rings. The van der Waals surface area contributed by atoms with Crippen LogP contribution in [0, 0.1) is 17.8 Å². The molecule has 1 saturated heterocycles. The highest BCUT2D eigenvalue weighted by Crippen LogP contribution is 2.38. The number of fused-ring (bicyclic) bond motifs is 1. The fraction of sp³-hybridized carbons (Fsp3) is 0.909. The Kier molecular flexibility index (Phi) is 3.06. The SMILES string of the molecule is COC(=O)[C@@H]1CCC[C@H]2CNCC[C@H]21. The number of hydrogen-bond acceptors (Lipinski definition) is 3. The van der Waals surface area contributed by atoms with Crippen molar-refractivity contribution in [3.8, 4) is 0 Å². The highest BCUT2D eigenvalue weighted by Gasteiger charge is 2.38. The summed E-state index contributed by atoms with van der Waals surface area (Å²) in [6.07, 6.45) is 4.64. The number of esters is 1. The molecule has 0 spiro atoms. The van der Waals surface area contributed by atoms with Gasteiger partial charge in [0, 0.05) is 0 Å². The van der Waals surface area contributed by atoms with Gasteiger partial charge in [-0.2, -0.15) is 0 Å². The van der Waals surface area contributed by atoms with Gasteiger partial charge in [0.15, 0.2) is 0 Å². The Morgan fingerprint density at radius 2 is 2.21 bits per heavy atom. The molecule has 0 radical (unpaired) electrons. The second kappa shape index (κ2) is 4.30. The van der Waals surface area contributed by atoms with Crippen LogP contribution >= 0.6 is 0 Å². The molecule has 0 aromatic carbocycles. The van der Waals surface area contributed by atoms with E-state index < -0.39 is 0 Å². The molecule has 3 heteroatoms. The van der Waals surface area contributed by atoms with Gasteiger partial charge in [-0.25, -0.2) is 0 Å². The first-order valence-corrected chi connectivity index (χ1v) is 5.61. The van der Waals surface area contributed by atoms with Crippen LogP contribution in [0.1, 0.15) is 25.7 Å². The molecule has 2 aliphatic rings. The van der Waals surface area contributed by atoms with Gasteiger partial charge in [-0.05, 0) is 44.2 Å². The fourth-order valence-corrected chi connectivity index (χ4v) is 3.05. The van der Waals surface area contributed by atoms with Crippen LogP contribution in [-0.4, -0.2) is 26.2 Å². The Balaban J connectivity index is 2.04. The minimum Gasteiger partial charge on any atom is -0.469 e. The third kappa shape index (κ3) is 1.78. The smallest absolute Gasteiger partial charge is 0.308 e. The number of hydrogen-bond donors (Lipinski definition) is 1. The summed E-state index contributed by atoms with van der Waals surface area (Å²) in [4.78, 5) is 11.6. The van der Waals surface area contributed by atoms with Crippen molar-refractivity contribution in [2.45, 2.75) is 25.7 Å². The molecule has 0 unspecified atom stereocenters. The van der Waals surface area contributed by atoms with Crippen LogP contribution in [0.4, 0.5) is 0 Å². The van der Waals surface area contributed by atoms with Crippen LogP contribution in [-0.2, 0) is 9.53 Å². The van der Waals surface area contributed by atoms with Gasteiger partial charge in [0.2, 0.25) is 0 Å². The first kappa shape index (κ1) is 9.97. The van der Waals surface area contributed by atoms with E-state index in [0.717, 1.165) is 25.9 Å². The monoisotopic (exact) mass is 197 g/mol. The topological polar surface area (TPSA) is 38.3 Å². The van der Waals surface area contributed by atoms with Crippen molar-refractivity contribution in [1.29, 1.82) is 0 Å². The summed E-state index contributed by atoms with van der Waals surface area (Å²) in [6, 6.07) is 0. The highest BCUT2D eigenvalue weighted by atomic mass is 16.5. The van der Waals surface area contributed by atoms with E-state index in [1.165, 1.54) is 20.0 Å². The quantitative estimate of drug-likeness (QED) is 0.642. The lowest BCUT2D eigenvalue weighted by atomic mass is 9.69. The van der Waals surface area contributed by atoms with E-state index >= 15 is 0 Å². The van der Waals surface area contributed by atoms with E-state index in [1.807, 2.05) is 0 Å². The van der Waals surface area contributed by atoms with Gasteiger partial charge in [-0.15, -0.1) is 0 Å². The predicted molar refractivity (Wildman–Crippen MR) is 53.8 cm³/mol. The van der Waals surface area contributed by atoms with Crippen molar-refractivity contribution in [1.82, 2.24) is 5.32 Å².